The number of aliphatic hydroxyl groups excluding tert-OH is 1. The third-order valence-electron chi connectivity index (χ3n) is 3.84. The zero-order valence-corrected chi connectivity index (χ0v) is 14.2. The summed E-state index contributed by atoms with van der Waals surface area (Å²) in [5.41, 5.74) is 1.33. The fourth-order valence-corrected chi connectivity index (χ4v) is 2.81. The van der Waals surface area contributed by atoms with E-state index >= 15 is 0 Å². The largest absolute Gasteiger partial charge is 0.490 e. The molecule has 0 spiro atoms. The van der Waals surface area contributed by atoms with Gasteiger partial charge in [-0.3, -0.25) is 0 Å². The normalized spacial score (nSPS) is 17.7. The Bertz CT molecular complexity index is 482. The maximum atomic E-state index is 9.61. The maximum Gasteiger partial charge on any atom is 0.161 e. The molecule has 0 aromatic heterocycles. The van der Waals surface area contributed by atoms with Crippen LogP contribution < -0.4 is 14.8 Å². The van der Waals surface area contributed by atoms with Crippen LogP contribution in [0.15, 0.2) is 18.2 Å². The van der Waals surface area contributed by atoms with Gasteiger partial charge in [0.2, 0.25) is 0 Å². The summed E-state index contributed by atoms with van der Waals surface area (Å²) < 4.78 is 11.4. The van der Waals surface area contributed by atoms with E-state index in [2.05, 4.69) is 39.1 Å². The lowest BCUT2D eigenvalue weighted by molar-refractivity contribution is 0.190. The molecule has 2 atom stereocenters. The van der Waals surface area contributed by atoms with E-state index < -0.39 is 0 Å². The van der Waals surface area contributed by atoms with E-state index in [1.54, 1.807) is 0 Å². The van der Waals surface area contributed by atoms with E-state index in [4.69, 9.17) is 9.47 Å². The van der Waals surface area contributed by atoms with Crippen LogP contribution in [0, 0.1) is 5.41 Å². The Morgan fingerprint density at radius 2 is 1.86 bits per heavy atom. The molecule has 4 heteroatoms. The van der Waals surface area contributed by atoms with Crippen molar-refractivity contribution in [3.8, 4) is 11.5 Å². The minimum atomic E-state index is 0.0889. The van der Waals surface area contributed by atoms with Crippen molar-refractivity contribution in [1.29, 1.82) is 0 Å². The van der Waals surface area contributed by atoms with E-state index in [0.29, 0.717) is 13.2 Å². The van der Waals surface area contributed by atoms with Crippen molar-refractivity contribution in [2.75, 3.05) is 19.8 Å². The smallest absolute Gasteiger partial charge is 0.161 e. The first-order chi connectivity index (χ1) is 10.4. The molecule has 0 saturated heterocycles. The summed E-state index contributed by atoms with van der Waals surface area (Å²) in [5.74, 6) is 1.64. The van der Waals surface area contributed by atoms with Crippen LogP contribution in [0.25, 0.3) is 0 Å². The Labute approximate surface area is 133 Å². The molecule has 1 aromatic carbocycles. The van der Waals surface area contributed by atoms with Gasteiger partial charge in [0, 0.05) is 18.5 Å². The molecule has 0 radical (unpaired) electrons. The fraction of sp³-hybridized carbons (Fsp3) is 0.667. The number of fused-ring (bicyclic) bond motifs is 1. The molecule has 2 rings (SSSR count). The van der Waals surface area contributed by atoms with Crippen LogP contribution in [0.1, 0.15) is 52.1 Å². The maximum absolute atomic E-state index is 9.61. The zero-order chi connectivity index (χ0) is 16.2. The van der Waals surface area contributed by atoms with Gasteiger partial charge in [-0.15, -0.1) is 0 Å². The van der Waals surface area contributed by atoms with E-state index in [1.165, 1.54) is 0 Å². The second-order valence-electron chi connectivity index (χ2n) is 7.29. The Balaban J connectivity index is 2.05. The molecule has 1 aliphatic rings. The van der Waals surface area contributed by atoms with Gasteiger partial charge < -0.3 is 19.9 Å². The van der Waals surface area contributed by atoms with Gasteiger partial charge in [0.25, 0.3) is 0 Å². The zero-order valence-electron chi connectivity index (χ0n) is 14.2. The molecule has 1 aliphatic heterocycles. The summed E-state index contributed by atoms with van der Waals surface area (Å²) in [6.45, 7) is 10.2. The molecule has 0 saturated carbocycles. The standard InChI is InChI=1S/C18H29NO3/c1-13(19-15(12-20)11-18(2,3)4)14-6-7-16-17(10-14)22-9-5-8-21-16/h6-7,10,13,15,19-20H,5,8-9,11-12H2,1-4H3. The quantitative estimate of drug-likeness (QED) is 0.876. The Hall–Kier alpha value is -1.26. The molecule has 4 nitrogen and oxygen atoms in total. The number of hydrogen-bond donors (Lipinski definition) is 2. The molecule has 2 N–H and O–H groups in total. The second kappa shape index (κ2) is 7.34. The highest BCUT2D eigenvalue weighted by molar-refractivity contribution is 5.44. The van der Waals surface area contributed by atoms with Crippen molar-refractivity contribution >= 4 is 0 Å². The van der Waals surface area contributed by atoms with Gasteiger partial charge in [0.15, 0.2) is 11.5 Å². The van der Waals surface area contributed by atoms with Crippen molar-refractivity contribution in [3.05, 3.63) is 23.8 Å². The van der Waals surface area contributed by atoms with Crippen molar-refractivity contribution in [3.63, 3.8) is 0 Å². The summed E-state index contributed by atoms with van der Waals surface area (Å²) in [7, 11) is 0. The minimum Gasteiger partial charge on any atom is -0.490 e. The van der Waals surface area contributed by atoms with Crippen LogP contribution in [0.3, 0.4) is 0 Å². The van der Waals surface area contributed by atoms with Gasteiger partial charge in [-0.25, -0.2) is 0 Å². The van der Waals surface area contributed by atoms with Crippen LogP contribution in [-0.2, 0) is 0 Å². The summed E-state index contributed by atoms with van der Waals surface area (Å²) in [5, 5.41) is 13.1. The molecule has 124 valence electrons. The average Bonchev–Trinajstić information content (AvgIpc) is 2.69. The SMILES string of the molecule is CC(NC(CO)CC(C)(C)C)c1ccc2c(c1)OCCCO2. The second-order valence-corrected chi connectivity index (χ2v) is 7.29. The first-order valence-corrected chi connectivity index (χ1v) is 8.15. The van der Waals surface area contributed by atoms with E-state index in [0.717, 1.165) is 29.9 Å². The average molecular weight is 307 g/mol. The van der Waals surface area contributed by atoms with Crippen molar-refractivity contribution < 1.29 is 14.6 Å². The molecule has 0 bridgehead atoms. The number of hydrogen-bond acceptors (Lipinski definition) is 4. The predicted molar refractivity (Wildman–Crippen MR) is 88.5 cm³/mol. The lowest BCUT2D eigenvalue weighted by Crippen LogP contribution is -2.37. The fourth-order valence-electron chi connectivity index (χ4n) is 2.81. The first-order valence-electron chi connectivity index (χ1n) is 8.15. The third-order valence-corrected chi connectivity index (χ3v) is 3.84. The molecule has 22 heavy (non-hydrogen) atoms. The number of benzene rings is 1. The Kier molecular flexibility index (Phi) is 5.70. The third kappa shape index (κ3) is 4.89. The summed E-state index contributed by atoms with van der Waals surface area (Å²) in [6, 6.07) is 6.33. The minimum absolute atomic E-state index is 0.0889. The highest BCUT2D eigenvalue weighted by Gasteiger charge is 2.21. The summed E-state index contributed by atoms with van der Waals surface area (Å²) in [4.78, 5) is 0. The summed E-state index contributed by atoms with van der Waals surface area (Å²) in [6.07, 6.45) is 1.84. The number of aliphatic hydroxyl groups is 1. The van der Waals surface area contributed by atoms with Crippen LogP contribution in [0.5, 0.6) is 11.5 Å². The van der Waals surface area contributed by atoms with Crippen molar-refractivity contribution in [2.24, 2.45) is 5.41 Å². The lowest BCUT2D eigenvalue weighted by Gasteiger charge is -2.28. The van der Waals surface area contributed by atoms with Gasteiger partial charge in [0.05, 0.1) is 19.8 Å². The van der Waals surface area contributed by atoms with Crippen LogP contribution in [-0.4, -0.2) is 31.0 Å². The Morgan fingerprint density at radius 1 is 1.18 bits per heavy atom. The van der Waals surface area contributed by atoms with Gasteiger partial charge in [-0.2, -0.15) is 0 Å². The topological polar surface area (TPSA) is 50.7 Å². The highest BCUT2D eigenvalue weighted by atomic mass is 16.5. The molecule has 0 aliphatic carbocycles. The first kappa shape index (κ1) is 17.1. The highest BCUT2D eigenvalue weighted by Crippen LogP contribution is 2.32. The van der Waals surface area contributed by atoms with E-state index in [9.17, 15) is 5.11 Å². The molecule has 1 heterocycles. The number of rotatable bonds is 5. The molecule has 0 fully saturated rings. The Morgan fingerprint density at radius 3 is 2.50 bits per heavy atom. The molecule has 0 amide bonds. The number of ether oxygens (including phenoxy) is 2. The van der Waals surface area contributed by atoms with Crippen LogP contribution in [0.4, 0.5) is 0 Å². The van der Waals surface area contributed by atoms with Crippen LogP contribution in [0.2, 0.25) is 0 Å². The van der Waals surface area contributed by atoms with Gasteiger partial charge in [-0.1, -0.05) is 26.8 Å². The van der Waals surface area contributed by atoms with Gasteiger partial charge in [-0.05, 0) is 36.5 Å². The monoisotopic (exact) mass is 307 g/mol. The summed E-state index contributed by atoms with van der Waals surface area (Å²) >= 11 is 0. The van der Waals surface area contributed by atoms with Gasteiger partial charge >= 0.3 is 0 Å². The molecule has 1 aromatic rings. The molecular weight excluding hydrogens is 278 g/mol. The number of nitrogens with one attached hydrogen (secondary N) is 1. The van der Waals surface area contributed by atoms with Crippen molar-refractivity contribution in [2.45, 2.75) is 52.6 Å². The van der Waals surface area contributed by atoms with E-state index in [1.807, 2.05) is 12.1 Å². The lowest BCUT2D eigenvalue weighted by atomic mass is 9.88. The van der Waals surface area contributed by atoms with Crippen molar-refractivity contribution in [1.82, 2.24) is 5.32 Å². The van der Waals surface area contributed by atoms with E-state index in [-0.39, 0.29) is 24.1 Å². The van der Waals surface area contributed by atoms with Gasteiger partial charge in [0.1, 0.15) is 0 Å². The predicted octanol–water partition coefficient (Wildman–Crippen LogP) is 3.30. The molecular formula is C18H29NO3. The molecule has 2 unspecified atom stereocenters. The van der Waals surface area contributed by atoms with Crippen LogP contribution >= 0.6 is 0 Å².